The van der Waals surface area contributed by atoms with Crippen molar-refractivity contribution in [3.8, 4) is 22.5 Å². The number of anilines is 1. The van der Waals surface area contributed by atoms with Crippen LogP contribution in [0.3, 0.4) is 0 Å². The minimum absolute atomic E-state index is 0.00591. The second-order valence-electron chi connectivity index (χ2n) is 8.60. The van der Waals surface area contributed by atoms with Gasteiger partial charge in [-0.15, -0.1) is 11.8 Å². The zero-order chi connectivity index (χ0) is 25.9. The number of carbonyl (C=O) groups excluding carboxylic acids is 1. The molecule has 0 saturated heterocycles. The van der Waals surface area contributed by atoms with Gasteiger partial charge in [-0.25, -0.2) is 4.79 Å². The molecule has 1 unspecified atom stereocenters. The number of carboxylic acid groups (broad SMARTS) is 1. The molecule has 1 aliphatic heterocycles. The van der Waals surface area contributed by atoms with E-state index in [0.717, 1.165) is 39.3 Å². The van der Waals surface area contributed by atoms with Gasteiger partial charge in [0.15, 0.2) is 5.76 Å². The van der Waals surface area contributed by atoms with Gasteiger partial charge in [-0.2, -0.15) is 0 Å². The summed E-state index contributed by atoms with van der Waals surface area (Å²) in [5.74, 6) is 0.523. The van der Waals surface area contributed by atoms with Crippen molar-refractivity contribution < 1.29 is 24.0 Å². The zero-order valence-corrected chi connectivity index (χ0v) is 21.4. The number of carboxylic acids is 1. The number of aromatic nitrogens is 1. The van der Waals surface area contributed by atoms with E-state index in [9.17, 15) is 9.59 Å². The maximum atomic E-state index is 12.7. The Balaban J connectivity index is 1.38. The first-order chi connectivity index (χ1) is 17.9. The Hall–Kier alpha value is -3.75. The quantitative estimate of drug-likeness (QED) is 0.257. The summed E-state index contributed by atoms with van der Waals surface area (Å²) in [6.07, 6.45) is 1.15. The topological polar surface area (TPSA) is 102 Å². The van der Waals surface area contributed by atoms with Crippen molar-refractivity contribution in [2.45, 2.75) is 30.8 Å². The van der Waals surface area contributed by atoms with Crippen molar-refractivity contribution in [3.05, 3.63) is 88.6 Å². The fourth-order valence-electron chi connectivity index (χ4n) is 4.41. The third kappa shape index (κ3) is 5.35. The zero-order valence-electron chi connectivity index (χ0n) is 19.9. The third-order valence-corrected chi connectivity index (χ3v) is 7.67. The highest BCUT2D eigenvalue weighted by atomic mass is 35.5. The predicted octanol–water partition coefficient (Wildman–Crippen LogP) is 7.25. The molecular formula is C28H23ClN2O5S. The van der Waals surface area contributed by atoms with Crippen molar-refractivity contribution in [1.82, 2.24) is 5.16 Å². The van der Waals surface area contributed by atoms with Gasteiger partial charge in [-0.3, -0.25) is 10.1 Å². The van der Waals surface area contributed by atoms with Crippen molar-refractivity contribution >= 4 is 41.1 Å². The van der Waals surface area contributed by atoms with Gasteiger partial charge >= 0.3 is 12.1 Å². The van der Waals surface area contributed by atoms with Crippen LogP contribution in [0, 0.1) is 0 Å². The molecule has 0 spiro atoms. The second-order valence-corrected chi connectivity index (χ2v) is 10.1. The number of carbonyl (C=O) groups is 2. The molecule has 9 heteroatoms. The summed E-state index contributed by atoms with van der Waals surface area (Å²) < 4.78 is 11.1. The van der Waals surface area contributed by atoms with Gasteiger partial charge in [0.1, 0.15) is 11.8 Å². The predicted molar refractivity (Wildman–Crippen MR) is 143 cm³/mol. The molecule has 2 heterocycles. The number of hydrogen-bond donors (Lipinski definition) is 2. The van der Waals surface area contributed by atoms with Crippen LogP contribution < -0.4 is 5.32 Å². The molecule has 0 radical (unpaired) electrons. The number of nitrogens with zero attached hydrogens (tertiary/aromatic N) is 1. The maximum absolute atomic E-state index is 12.7. The number of aliphatic carboxylic acids is 1. The maximum Gasteiger partial charge on any atom is 0.412 e. The van der Waals surface area contributed by atoms with Crippen molar-refractivity contribution in [1.29, 1.82) is 0 Å². The normalized spacial score (nSPS) is 13.1. The molecule has 3 aromatic carbocycles. The Morgan fingerprint density at radius 2 is 1.89 bits per heavy atom. The minimum Gasteiger partial charge on any atom is -0.481 e. The SMILES string of the molecule is CC(OC(=O)Nc1cnoc1-c1ccc(-c2ccc(CC(=O)O)cc2)c2c1SCC2)c1ccccc1Cl. The van der Waals surface area contributed by atoms with Crippen LogP contribution in [0.5, 0.6) is 0 Å². The lowest BCUT2D eigenvalue weighted by atomic mass is 9.94. The van der Waals surface area contributed by atoms with Crippen molar-refractivity contribution in [2.24, 2.45) is 0 Å². The van der Waals surface area contributed by atoms with E-state index in [0.29, 0.717) is 22.0 Å². The highest BCUT2D eigenvalue weighted by Gasteiger charge is 2.25. The van der Waals surface area contributed by atoms with E-state index in [1.54, 1.807) is 24.8 Å². The standard InChI is InChI=1S/C28H23ClN2O5S/c1-16(19-4-2-3-5-23(19)29)35-28(34)31-24-15-30-36-26(24)22-11-10-20(21-12-13-37-27(21)22)18-8-6-17(7-9-18)14-25(32)33/h2-11,15-16H,12-14H2,1H3,(H,31,34)(H,32,33). The summed E-state index contributed by atoms with van der Waals surface area (Å²) >= 11 is 7.95. The molecule has 0 saturated carbocycles. The number of benzene rings is 3. The Labute approximate surface area is 222 Å². The minimum atomic E-state index is -0.854. The number of thioether (sulfide) groups is 1. The third-order valence-electron chi connectivity index (χ3n) is 6.16. The monoisotopic (exact) mass is 534 g/mol. The number of fused-ring (bicyclic) bond motifs is 1. The van der Waals surface area contributed by atoms with Gasteiger partial charge in [0.05, 0.1) is 12.6 Å². The Kier molecular flexibility index (Phi) is 7.21. The largest absolute Gasteiger partial charge is 0.481 e. The number of hydrogen-bond acceptors (Lipinski definition) is 6. The summed E-state index contributed by atoms with van der Waals surface area (Å²) in [6.45, 7) is 1.76. The number of amides is 1. The summed E-state index contributed by atoms with van der Waals surface area (Å²) in [6, 6.07) is 18.8. The van der Waals surface area contributed by atoms with Crippen LogP contribution in [-0.4, -0.2) is 28.1 Å². The average molecular weight is 535 g/mol. The molecule has 37 heavy (non-hydrogen) atoms. The summed E-state index contributed by atoms with van der Waals surface area (Å²) in [5.41, 5.74) is 6.02. The van der Waals surface area contributed by atoms with Crippen molar-refractivity contribution in [2.75, 3.05) is 11.1 Å². The van der Waals surface area contributed by atoms with Crippen LogP contribution >= 0.6 is 23.4 Å². The van der Waals surface area contributed by atoms with E-state index in [2.05, 4.69) is 10.5 Å². The lowest BCUT2D eigenvalue weighted by molar-refractivity contribution is -0.136. The number of nitrogens with one attached hydrogen (secondary N) is 1. The first-order valence-electron chi connectivity index (χ1n) is 11.7. The molecular weight excluding hydrogens is 512 g/mol. The van der Waals surface area contributed by atoms with Crippen molar-refractivity contribution in [3.63, 3.8) is 0 Å². The van der Waals surface area contributed by atoms with Crippen LogP contribution in [0.15, 0.2) is 76.3 Å². The molecule has 0 bridgehead atoms. The van der Waals surface area contributed by atoms with Crippen LogP contribution in [0.25, 0.3) is 22.5 Å². The van der Waals surface area contributed by atoms with Crippen LogP contribution in [0.4, 0.5) is 10.5 Å². The van der Waals surface area contributed by atoms with E-state index in [1.165, 1.54) is 11.8 Å². The van der Waals surface area contributed by atoms with E-state index < -0.39 is 18.2 Å². The summed E-state index contributed by atoms with van der Waals surface area (Å²) in [7, 11) is 0. The molecule has 188 valence electrons. The van der Waals surface area contributed by atoms with E-state index in [1.807, 2.05) is 54.6 Å². The van der Waals surface area contributed by atoms with E-state index >= 15 is 0 Å². The van der Waals surface area contributed by atoms with Crippen LogP contribution in [0.1, 0.15) is 29.7 Å². The lowest BCUT2D eigenvalue weighted by Gasteiger charge is -2.16. The highest BCUT2D eigenvalue weighted by molar-refractivity contribution is 7.99. The van der Waals surface area contributed by atoms with E-state index in [-0.39, 0.29) is 6.42 Å². The summed E-state index contributed by atoms with van der Waals surface area (Å²) in [5, 5.41) is 16.2. The molecule has 0 aliphatic carbocycles. The van der Waals surface area contributed by atoms with Gasteiger partial charge in [0, 0.05) is 26.8 Å². The smallest absolute Gasteiger partial charge is 0.412 e. The van der Waals surface area contributed by atoms with Gasteiger partial charge < -0.3 is 14.4 Å². The highest BCUT2D eigenvalue weighted by Crippen LogP contribution is 2.45. The Bertz CT molecular complexity index is 1470. The molecule has 5 rings (SSSR count). The summed E-state index contributed by atoms with van der Waals surface area (Å²) in [4.78, 5) is 24.7. The molecule has 0 fully saturated rings. The fourth-order valence-corrected chi connectivity index (χ4v) is 5.92. The fraction of sp³-hybridized carbons (Fsp3) is 0.179. The first kappa shape index (κ1) is 24.9. The molecule has 7 nitrogen and oxygen atoms in total. The van der Waals surface area contributed by atoms with Crippen LogP contribution in [0.2, 0.25) is 5.02 Å². The number of rotatable bonds is 7. The van der Waals surface area contributed by atoms with E-state index in [4.69, 9.17) is 26.0 Å². The second kappa shape index (κ2) is 10.7. The molecule has 2 N–H and O–H groups in total. The van der Waals surface area contributed by atoms with Gasteiger partial charge in [-0.1, -0.05) is 65.3 Å². The molecule has 1 atom stereocenters. The average Bonchev–Trinajstić information content (AvgIpc) is 3.54. The molecule has 4 aromatic rings. The molecule has 1 aliphatic rings. The lowest BCUT2D eigenvalue weighted by Crippen LogP contribution is -2.16. The number of ether oxygens (including phenoxy) is 1. The van der Waals surface area contributed by atoms with Gasteiger partial charge in [0.25, 0.3) is 0 Å². The Morgan fingerprint density at radius 1 is 1.14 bits per heavy atom. The molecule has 1 amide bonds. The van der Waals surface area contributed by atoms with Gasteiger partial charge in [0.2, 0.25) is 0 Å². The molecule has 1 aromatic heterocycles. The first-order valence-corrected chi connectivity index (χ1v) is 13.0. The van der Waals surface area contributed by atoms with Gasteiger partial charge in [-0.05, 0) is 47.7 Å². The number of halogens is 1. The van der Waals surface area contributed by atoms with Crippen LogP contribution in [-0.2, 0) is 22.4 Å². The Morgan fingerprint density at radius 3 is 2.65 bits per heavy atom.